The maximum atomic E-state index is 13.0. The molecule has 0 aliphatic heterocycles. The van der Waals surface area contributed by atoms with Gasteiger partial charge in [0.05, 0.1) is 6.54 Å². The molecule has 10 heteroatoms. The van der Waals surface area contributed by atoms with E-state index in [2.05, 4.69) is 16.9 Å². The highest BCUT2D eigenvalue weighted by atomic mass is 35.5. The number of hydrogen-bond donors (Lipinski definition) is 2. The van der Waals surface area contributed by atoms with Gasteiger partial charge in [-0.15, -0.1) is 0 Å². The maximum Gasteiger partial charge on any atom is 0.354 e. The quantitative estimate of drug-likeness (QED) is 0.374. The van der Waals surface area contributed by atoms with Crippen molar-refractivity contribution in [3.8, 4) is 11.5 Å². The molecule has 186 valence electrons. The summed E-state index contributed by atoms with van der Waals surface area (Å²) in [6, 6.07) is 12.9. The van der Waals surface area contributed by atoms with Gasteiger partial charge < -0.3 is 15.2 Å². The van der Waals surface area contributed by atoms with Crippen LogP contribution in [0.25, 0.3) is 0 Å². The Kier molecular flexibility index (Phi) is 8.64. The van der Waals surface area contributed by atoms with Crippen molar-refractivity contribution in [1.29, 1.82) is 0 Å². The molecule has 3 aromatic rings. The summed E-state index contributed by atoms with van der Waals surface area (Å²) in [4.78, 5) is 40.9. The number of ether oxygens (including phenoxy) is 1. The fourth-order valence-electron chi connectivity index (χ4n) is 3.22. The number of hydrogen-bond acceptors (Lipinski definition) is 6. The highest BCUT2D eigenvalue weighted by Gasteiger charge is 2.14. The molecule has 0 amide bonds. The third-order valence-electron chi connectivity index (χ3n) is 5.05. The summed E-state index contributed by atoms with van der Waals surface area (Å²) in [7, 11) is 0. The van der Waals surface area contributed by atoms with Crippen molar-refractivity contribution in [2.75, 3.05) is 5.32 Å². The lowest BCUT2D eigenvalue weighted by Gasteiger charge is -2.15. The summed E-state index contributed by atoms with van der Waals surface area (Å²) in [5.41, 5.74) is 0.208. The number of anilines is 2. The molecule has 0 unspecified atom stereocenters. The summed E-state index contributed by atoms with van der Waals surface area (Å²) in [6.45, 7) is 7.45. The van der Waals surface area contributed by atoms with E-state index in [1.807, 2.05) is 6.92 Å². The lowest BCUT2D eigenvalue weighted by atomic mass is 10.2. The number of halogens is 1. The minimum Gasteiger partial charge on any atom is -0.478 e. The third kappa shape index (κ3) is 6.39. The molecule has 0 saturated carbocycles. The van der Waals surface area contributed by atoms with Crippen molar-refractivity contribution in [2.24, 2.45) is 0 Å². The monoisotopic (exact) mass is 508 g/mol. The second kappa shape index (κ2) is 11.9. The van der Waals surface area contributed by atoms with E-state index < -0.39 is 17.3 Å². The number of carboxylic acids is 1. The number of carboxylic acid groups (broad SMARTS) is 1. The molecule has 0 aliphatic rings. The lowest BCUT2D eigenvalue weighted by Crippen LogP contribution is -2.42. The Morgan fingerprint density at radius 2 is 1.83 bits per heavy atom. The summed E-state index contributed by atoms with van der Waals surface area (Å²) >= 11 is 5.96. The van der Waals surface area contributed by atoms with Crippen LogP contribution in [0.1, 0.15) is 24.2 Å². The predicted octanol–water partition coefficient (Wildman–Crippen LogP) is 4.91. The minimum absolute atomic E-state index is 0.0389. The van der Waals surface area contributed by atoms with Crippen LogP contribution in [0.3, 0.4) is 0 Å². The van der Waals surface area contributed by atoms with Gasteiger partial charge in [0.1, 0.15) is 17.1 Å². The zero-order valence-corrected chi connectivity index (χ0v) is 20.5. The van der Waals surface area contributed by atoms with Crippen molar-refractivity contribution in [3.05, 3.63) is 110 Å². The van der Waals surface area contributed by atoms with Gasteiger partial charge in [-0.3, -0.25) is 4.57 Å². The number of aromatic carboxylic acids is 1. The predicted molar refractivity (Wildman–Crippen MR) is 140 cm³/mol. The fourth-order valence-corrected chi connectivity index (χ4v) is 3.29. The Hall–Kier alpha value is -4.37. The van der Waals surface area contributed by atoms with Crippen LogP contribution in [0.4, 0.5) is 11.6 Å². The zero-order chi connectivity index (χ0) is 26.2. The largest absolute Gasteiger partial charge is 0.478 e. The third-order valence-corrected chi connectivity index (χ3v) is 5.33. The SMILES string of the molecule is C=C/C(Cl)=C\C=C(/C)Cn1c(Nc2ccc(Oc3ccccc3C(=O)O)cc2)nc(=O)n(CC)c1=O. The Labute approximate surface area is 212 Å². The smallest absolute Gasteiger partial charge is 0.354 e. The zero-order valence-electron chi connectivity index (χ0n) is 19.8. The van der Waals surface area contributed by atoms with Crippen molar-refractivity contribution >= 4 is 29.2 Å². The van der Waals surface area contributed by atoms with E-state index in [1.54, 1.807) is 61.5 Å². The number of rotatable bonds is 10. The van der Waals surface area contributed by atoms with E-state index in [-0.39, 0.29) is 30.4 Å². The van der Waals surface area contributed by atoms with Crippen molar-refractivity contribution in [3.63, 3.8) is 0 Å². The second-order valence-corrected chi connectivity index (χ2v) is 8.09. The Morgan fingerprint density at radius 3 is 2.47 bits per heavy atom. The molecular formula is C26H25ClN4O5. The van der Waals surface area contributed by atoms with Crippen LogP contribution in [0.2, 0.25) is 0 Å². The van der Waals surface area contributed by atoms with Gasteiger partial charge >= 0.3 is 17.3 Å². The molecule has 0 saturated heterocycles. The first kappa shape index (κ1) is 26.2. The first-order valence-corrected chi connectivity index (χ1v) is 11.4. The Balaban J connectivity index is 1.90. The molecule has 0 spiro atoms. The summed E-state index contributed by atoms with van der Waals surface area (Å²) in [5, 5.41) is 12.8. The van der Waals surface area contributed by atoms with Gasteiger partial charge in [0.25, 0.3) is 0 Å². The van der Waals surface area contributed by atoms with Crippen LogP contribution in [0, 0.1) is 0 Å². The number of benzene rings is 2. The lowest BCUT2D eigenvalue weighted by molar-refractivity contribution is 0.0694. The standard InChI is InChI=1S/C26H25ClN4O5/c1-4-18(27)11-10-17(3)16-31-24(29-25(34)30(5-2)26(31)35)28-19-12-14-20(15-13-19)36-22-9-7-6-8-21(22)23(32)33/h4,6-15H,1,5,16H2,2-3H3,(H,32,33)(H,28,29,34)/b17-10+,18-11+. The van der Waals surface area contributed by atoms with Gasteiger partial charge in [-0.25, -0.2) is 19.0 Å². The van der Waals surface area contributed by atoms with Crippen LogP contribution >= 0.6 is 11.6 Å². The minimum atomic E-state index is -1.10. The molecule has 0 atom stereocenters. The molecule has 0 aliphatic carbocycles. The first-order chi connectivity index (χ1) is 17.2. The van der Waals surface area contributed by atoms with Crippen molar-refractivity contribution in [1.82, 2.24) is 14.1 Å². The Morgan fingerprint density at radius 1 is 1.14 bits per heavy atom. The average Bonchev–Trinajstić information content (AvgIpc) is 2.86. The molecule has 0 bridgehead atoms. The van der Waals surface area contributed by atoms with Crippen LogP contribution in [0.15, 0.2) is 93.5 Å². The first-order valence-electron chi connectivity index (χ1n) is 11.0. The van der Waals surface area contributed by atoms with E-state index in [0.717, 1.165) is 10.1 Å². The van der Waals surface area contributed by atoms with Gasteiger partial charge in [-0.2, -0.15) is 4.98 Å². The second-order valence-electron chi connectivity index (χ2n) is 7.65. The van der Waals surface area contributed by atoms with Crippen LogP contribution in [-0.4, -0.2) is 25.2 Å². The summed E-state index contributed by atoms with van der Waals surface area (Å²) in [5.74, 6) is -0.407. The van der Waals surface area contributed by atoms with Gasteiger partial charge in [0.2, 0.25) is 5.95 Å². The fraction of sp³-hybridized carbons (Fsp3) is 0.154. The average molecular weight is 509 g/mol. The van der Waals surface area contributed by atoms with Gasteiger partial charge in [0, 0.05) is 17.3 Å². The number of nitrogens with one attached hydrogen (secondary N) is 1. The number of allylic oxidation sites excluding steroid dienone is 5. The van der Waals surface area contributed by atoms with Crippen LogP contribution in [0.5, 0.6) is 11.5 Å². The number of para-hydroxylation sites is 1. The molecule has 3 rings (SSSR count). The normalized spacial score (nSPS) is 11.8. The molecule has 1 aromatic heterocycles. The molecular weight excluding hydrogens is 484 g/mol. The molecule has 1 heterocycles. The van der Waals surface area contributed by atoms with E-state index >= 15 is 0 Å². The van der Waals surface area contributed by atoms with E-state index in [1.165, 1.54) is 16.7 Å². The van der Waals surface area contributed by atoms with Crippen molar-refractivity contribution < 1.29 is 14.6 Å². The summed E-state index contributed by atoms with van der Waals surface area (Å²) < 4.78 is 8.12. The van der Waals surface area contributed by atoms with Gasteiger partial charge in [0.15, 0.2) is 0 Å². The molecule has 0 fully saturated rings. The summed E-state index contributed by atoms with van der Waals surface area (Å²) in [6.07, 6.45) is 4.91. The molecule has 2 N–H and O–H groups in total. The molecule has 0 radical (unpaired) electrons. The van der Waals surface area contributed by atoms with Crippen LogP contribution < -0.4 is 21.4 Å². The van der Waals surface area contributed by atoms with Gasteiger partial charge in [-0.1, -0.05) is 48.0 Å². The highest BCUT2D eigenvalue weighted by Crippen LogP contribution is 2.27. The molecule has 9 nitrogen and oxygen atoms in total. The topological polar surface area (TPSA) is 115 Å². The van der Waals surface area contributed by atoms with E-state index in [0.29, 0.717) is 16.5 Å². The van der Waals surface area contributed by atoms with Crippen LogP contribution in [-0.2, 0) is 13.1 Å². The number of nitrogens with zero attached hydrogens (tertiary/aromatic N) is 3. The van der Waals surface area contributed by atoms with Crippen molar-refractivity contribution in [2.45, 2.75) is 26.9 Å². The van der Waals surface area contributed by atoms with Gasteiger partial charge in [-0.05, 0) is 56.3 Å². The molecule has 2 aromatic carbocycles. The highest BCUT2D eigenvalue weighted by molar-refractivity contribution is 6.31. The van der Waals surface area contributed by atoms with E-state index in [9.17, 15) is 19.5 Å². The Bertz CT molecular complexity index is 1450. The number of aromatic nitrogens is 3. The number of carbonyl (C=O) groups is 1. The van der Waals surface area contributed by atoms with E-state index in [4.69, 9.17) is 16.3 Å². The molecule has 36 heavy (non-hydrogen) atoms. The maximum absolute atomic E-state index is 13.0.